The lowest BCUT2D eigenvalue weighted by Crippen LogP contribution is -2.43. The molecule has 1 aromatic carbocycles. The van der Waals surface area contributed by atoms with Gasteiger partial charge in [0.15, 0.2) is 6.04 Å². The minimum Gasteiger partial charge on any atom is -0.480 e. The number of aliphatic carboxylic acids is 1. The molecular weight excluding hydrogens is 266 g/mol. The second kappa shape index (κ2) is 7.81. The van der Waals surface area contributed by atoms with E-state index in [9.17, 15) is 9.59 Å². The van der Waals surface area contributed by atoms with Crippen molar-refractivity contribution in [1.82, 2.24) is 5.32 Å². The first kappa shape index (κ1) is 15.5. The number of carboxylic acids is 1. The van der Waals surface area contributed by atoms with Crippen molar-refractivity contribution >= 4 is 23.6 Å². The number of ether oxygens (including phenoxy) is 1. The van der Waals surface area contributed by atoms with Crippen LogP contribution in [0.4, 0.5) is 0 Å². The number of carboxylic acid groups (broad SMARTS) is 1. The van der Waals surface area contributed by atoms with Crippen LogP contribution in [0.3, 0.4) is 0 Å². The minimum absolute atomic E-state index is 0.0639. The average Bonchev–Trinajstić information content (AvgIpc) is 2.39. The summed E-state index contributed by atoms with van der Waals surface area (Å²) in [4.78, 5) is 22.8. The molecule has 1 aromatic rings. The SMILES string of the molecule is COCC(NC(=O)c1ccc(CSC)cc1)C(=O)O. The Kier molecular flexibility index (Phi) is 6.38. The maximum absolute atomic E-state index is 11.9. The summed E-state index contributed by atoms with van der Waals surface area (Å²) in [5, 5.41) is 11.3. The van der Waals surface area contributed by atoms with Crippen LogP contribution >= 0.6 is 11.8 Å². The second-order valence-electron chi connectivity index (χ2n) is 3.95. The minimum atomic E-state index is -1.12. The summed E-state index contributed by atoms with van der Waals surface area (Å²) in [5.74, 6) is -0.655. The Morgan fingerprint density at radius 3 is 2.47 bits per heavy atom. The lowest BCUT2D eigenvalue weighted by Gasteiger charge is -2.13. The predicted molar refractivity (Wildman–Crippen MR) is 74.4 cm³/mol. The van der Waals surface area contributed by atoms with E-state index in [1.165, 1.54) is 7.11 Å². The zero-order valence-corrected chi connectivity index (χ0v) is 11.7. The van der Waals surface area contributed by atoms with Crippen molar-refractivity contribution in [3.63, 3.8) is 0 Å². The molecule has 0 aromatic heterocycles. The van der Waals surface area contributed by atoms with Gasteiger partial charge in [0.05, 0.1) is 6.61 Å². The molecule has 1 atom stereocenters. The Hall–Kier alpha value is -1.53. The third-order valence-corrected chi connectivity index (χ3v) is 3.09. The highest BCUT2D eigenvalue weighted by molar-refractivity contribution is 7.97. The summed E-state index contributed by atoms with van der Waals surface area (Å²) < 4.78 is 4.75. The second-order valence-corrected chi connectivity index (χ2v) is 4.82. The highest BCUT2D eigenvalue weighted by Crippen LogP contribution is 2.10. The fourth-order valence-electron chi connectivity index (χ4n) is 1.50. The van der Waals surface area contributed by atoms with Gasteiger partial charge in [-0.2, -0.15) is 11.8 Å². The number of methoxy groups -OCH3 is 1. The quantitative estimate of drug-likeness (QED) is 0.790. The van der Waals surface area contributed by atoms with Crippen LogP contribution < -0.4 is 5.32 Å². The third kappa shape index (κ3) is 4.92. The summed E-state index contributed by atoms with van der Waals surface area (Å²) in [6.07, 6.45) is 2.00. The van der Waals surface area contributed by atoms with Gasteiger partial charge in [-0.15, -0.1) is 0 Å². The van der Waals surface area contributed by atoms with Gasteiger partial charge in [0.2, 0.25) is 0 Å². The highest BCUT2D eigenvalue weighted by Gasteiger charge is 2.20. The van der Waals surface area contributed by atoms with Crippen molar-refractivity contribution in [2.24, 2.45) is 0 Å². The van der Waals surface area contributed by atoms with Crippen LogP contribution in [-0.4, -0.2) is 43.0 Å². The average molecular weight is 283 g/mol. The first-order valence-electron chi connectivity index (χ1n) is 5.69. The van der Waals surface area contributed by atoms with E-state index in [-0.39, 0.29) is 6.61 Å². The molecule has 0 saturated heterocycles. The summed E-state index contributed by atoms with van der Waals surface area (Å²) in [6, 6.07) is 6.05. The number of benzene rings is 1. The van der Waals surface area contributed by atoms with Crippen molar-refractivity contribution in [2.45, 2.75) is 11.8 Å². The van der Waals surface area contributed by atoms with Crippen molar-refractivity contribution in [2.75, 3.05) is 20.0 Å². The number of carbonyl (C=O) groups is 2. The van der Waals surface area contributed by atoms with E-state index in [2.05, 4.69) is 5.32 Å². The van der Waals surface area contributed by atoms with E-state index in [1.807, 2.05) is 18.4 Å². The molecule has 0 heterocycles. The number of carbonyl (C=O) groups excluding carboxylic acids is 1. The van der Waals surface area contributed by atoms with E-state index < -0.39 is 17.9 Å². The van der Waals surface area contributed by atoms with Crippen LogP contribution in [0.15, 0.2) is 24.3 Å². The van der Waals surface area contributed by atoms with E-state index in [1.54, 1.807) is 23.9 Å². The Bertz CT molecular complexity index is 433. The third-order valence-electron chi connectivity index (χ3n) is 2.46. The van der Waals surface area contributed by atoms with Gasteiger partial charge in [0, 0.05) is 18.4 Å². The summed E-state index contributed by atoms with van der Waals surface area (Å²) in [5.41, 5.74) is 1.56. The highest BCUT2D eigenvalue weighted by atomic mass is 32.2. The largest absolute Gasteiger partial charge is 0.480 e. The van der Waals surface area contributed by atoms with Crippen molar-refractivity contribution < 1.29 is 19.4 Å². The van der Waals surface area contributed by atoms with Gasteiger partial charge in [-0.25, -0.2) is 4.79 Å². The van der Waals surface area contributed by atoms with Gasteiger partial charge in [0.1, 0.15) is 0 Å². The number of amides is 1. The molecule has 6 heteroatoms. The number of rotatable bonds is 7. The van der Waals surface area contributed by atoms with Gasteiger partial charge in [0.25, 0.3) is 5.91 Å². The van der Waals surface area contributed by atoms with Crippen molar-refractivity contribution in [1.29, 1.82) is 0 Å². The topological polar surface area (TPSA) is 75.6 Å². The number of hydrogen-bond acceptors (Lipinski definition) is 4. The molecule has 2 N–H and O–H groups in total. The van der Waals surface area contributed by atoms with Crippen LogP contribution in [0.1, 0.15) is 15.9 Å². The molecule has 0 aliphatic carbocycles. The Morgan fingerprint density at radius 1 is 1.37 bits per heavy atom. The molecule has 0 saturated carbocycles. The molecule has 19 heavy (non-hydrogen) atoms. The molecule has 0 aliphatic rings. The molecule has 0 spiro atoms. The maximum atomic E-state index is 11.9. The van der Waals surface area contributed by atoms with Crippen LogP contribution in [0, 0.1) is 0 Å². The van der Waals surface area contributed by atoms with E-state index in [0.29, 0.717) is 5.56 Å². The molecule has 0 bridgehead atoms. The molecule has 0 fully saturated rings. The van der Waals surface area contributed by atoms with Gasteiger partial charge in [-0.05, 0) is 24.0 Å². The van der Waals surface area contributed by atoms with Gasteiger partial charge in [-0.1, -0.05) is 12.1 Å². The van der Waals surface area contributed by atoms with Crippen LogP contribution in [-0.2, 0) is 15.3 Å². The Morgan fingerprint density at radius 2 is 2.00 bits per heavy atom. The maximum Gasteiger partial charge on any atom is 0.328 e. The standard InChI is InChI=1S/C13H17NO4S/c1-18-7-11(13(16)17)14-12(15)10-5-3-9(4-6-10)8-19-2/h3-6,11H,7-8H2,1-2H3,(H,14,15)(H,16,17). The van der Waals surface area contributed by atoms with E-state index in [0.717, 1.165) is 11.3 Å². The molecule has 1 unspecified atom stereocenters. The van der Waals surface area contributed by atoms with Gasteiger partial charge in [-0.3, -0.25) is 4.79 Å². The summed E-state index contributed by atoms with van der Waals surface area (Å²) in [7, 11) is 1.39. The summed E-state index contributed by atoms with van der Waals surface area (Å²) in [6.45, 7) is -0.0639. The normalized spacial score (nSPS) is 11.9. The first-order valence-corrected chi connectivity index (χ1v) is 7.08. The molecule has 1 amide bonds. The van der Waals surface area contributed by atoms with E-state index in [4.69, 9.17) is 9.84 Å². The first-order chi connectivity index (χ1) is 9.08. The lowest BCUT2D eigenvalue weighted by atomic mass is 10.1. The smallest absolute Gasteiger partial charge is 0.328 e. The molecule has 1 rings (SSSR count). The van der Waals surface area contributed by atoms with Crippen LogP contribution in [0.5, 0.6) is 0 Å². The molecule has 0 radical (unpaired) electrons. The summed E-state index contributed by atoms with van der Waals surface area (Å²) >= 11 is 1.70. The number of hydrogen-bond donors (Lipinski definition) is 2. The van der Waals surface area contributed by atoms with Crippen molar-refractivity contribution in [3.05, 3.63) is 35.4 Å². The molecule has 5 nitrogen and oxygen atoms in total. The van der Waals surface area contributed by atoms with Crippen LogP contribution in [0.2, 0.25) is 0 Å². The van der Waals surface area contributed by atoms with Gasteiger partial charge < -0.3 is 15.2 Å². The Labute approximate surface area is 116 Å². The Balaban J connectivity index is 2.68. The molecule has 0 aliphatic heterocycles. The fourth-order valence-corrected chi connectivity index (χ4v) is 2.03. The number of nitrogens with one attached hydrogen (secondary N) is 1. The zero-order valence-electron chi connectivity index (χ0n) is 10.9. The molecule has 104 valence electrons. The van der Waals surface area contributed by atoms with Gasteiger partial charge >= 0.3 is 5.97 Å². The van der Waals surface area contributed by atoms with Crippen LogP contribution in [0.25, 0.3) is 0 Å². The fraction of sp³-hybridized carbons (Fsp3) is 0.385. The monoisotopic (exact) mass is 283 g/mol. The lowest BCUT2D eigenvalue weighted by molar-refractivity contribution is -0.140. The van der Waals surface area contributed by atoms with Crippen molar-refractivity contribution in [3.8, 4) is 0 Å². The van der Waals surface area contributed by atoms with E-state index >= 15 is 0 Å². The predicted octanol–water partition coefficient (Wildman–Crippen LogP) is 1.38. The number of thioether (sulfide) groups is 1. The molecular formula is C13H17NO4S. The zero-order chi connectivity index (χ0) is 14.3.